The number of rotatable bonds is 2. The van der Waals surface area contributed by atoms with Crippen LogP contribution >= 0.6 is 0 Å². The Hall–Kier alpha value is -1.35. The molecule has 0 aliphatic carbocycles. The molecule has 0 spiro atoms. The van der Waals surface area contributed by atoms with Crippen molar-refractivity contribution in [1.29, 1.82) is 0 Å². The lowest BCUT2D eigenvalue weighted by Gasteiger charge is -2.17. The van der Waals surface area contributed by atoms with Crippen LogP contribution in [0.2, 0.25) is 0 Å². The second-order valence-corrected chi connectivity index (χ2v) is 4.63. The first-order valence-electron chi connectivity index (χ1n) is 5.56. The van der Waals surface area contributed by atoms with E-state index in [2.05, 4.69) is 11.0 Å². The molecule has 1 fully saturated rings. The molecule has 86 valence electrons. The highest BCUT2D eigenvalue weighted by atomic mass is 16.4. The third-order valence-electron chi connectivity index (χ3n) is 3.41. The van der Waals surface area contributed by atoms with Crippen molar-refractivity contribution in [3.8, 4) is 0 Å². The summed E-state index contributed by atoms with van der Waals surface area (Å²) in [4.78, 5) is 13.3. The Bertz CT molecular complexity index is 403. The van der Waals surface area contributed by atoms with Crippen LogP contribution in [-0.2, 0) is 4.79 Å². The molecular formula is C13H17NO2. The van der Waals surface area contributed by atoms with E-state index in [1.54, 1.807) is 0 Å². The van der Waals surface area contributed by atoms with Gasteiger partial charge >= 0.3 is 5.97 Å². The molecule has 2 unspecified atom stereocenters. The fraction of sp³-hybridized carbons (Fsp3) is 0.462. The van der Waals surface area contributed by atoms with Crippen LogP contribution in [0.1, 0.15) is 17.0 Å². The van der Waals surface area contributed by atoms with Crippen LogP contribution < -0.4 is 0 Å². The van der Waals surface area contributed by atoms with E-state index < -0.39 is 5.97 Å². The van der Waals surface area contributed by atoms with E-state index in [0.29, 0.717) is 6.54 Å². The van der Waals surface area contributed by atoms with Gasteiger partial charge in [-0.3, -0.25) is 4.79 Å². The van der Waals surface area contributed by atoms with Crippen molar-refractivity contribution < 1.29 is 9.90 Å². The number of aliphatic carboxylic acids is 1. The molecule has 2 atom stereocenters. The topological polar surface area (TPSA) is 40.5 Å². The highest BCUT2D eigenvalue weighted by Crippen LogP contribution is 2.33. The van der Waals surface area contributed by atoms with E-state index in [9.17, 15) is 9.90 Å². The van der Waals surface area contributed by atoms with E-state index in [-0.39, 0.29) is 11.8 Å². The zero-order valence-corrected chi connectivity index (χ0v) is 9.68. The van der Waals surface area contributed by atoms with Gasteiger partial charge in [-0.05, 0) is 25.1 Å². The number of hydrogen-bond acceptors (Lipinski definition) is 2. The number of benzene rings is 1. The van der Waals surface area contributed by atoms with Crippen LogP contribution in [0.25, 0.3) is 0 Å². The summed E-state index contributed by atoms with van der Waals surface area (Å²) in [6, 6.07) is 8.08. The Kier molecular flexibility index (Phi) is 2.97. The number of hydrogen-bond donors (Lipinski definition) is 1. The van der Waals surface area contributed by atoms with Gasteiger partial charge < -0.3 is 10.0 Å². The van der Waals surface area contributed by atoms with Gasteiger partial charge in [-0.15, -0.1) is 0 Å². The van der Waals surface area contributed by atoms with Crippen LogP contribution in [0.5, 0.6) is 0 Å². The lowest BCUT2D eigenvalue weighted by molar-refractivity contribution is -0.141. The van der Waals surface area contributed by atoms with Crippen molar-refractivity contribution in [3.63, 3.8) is 0 Å². The quantitative estimate of drug-likeness (QED) is 0.823. The average molecular weight is 219 g/mol. The molecule has 2 rings (SSSR count). The molecule has 1 saturated heterocycles. The SMILES string of the molecule is Cc1ccccc1C1CN(C)CC1C(=O)O. The van der Waals surface area contributed by atoms with Gasteiger partial charge in [0, 0.05) is 19.0 Å². The molecule has 1 aromatic rings. The Morgan fingerprint density at radius 1 is 1.38 bits per heavy atom. The fourth-order valence-electron chi connectivity index (χ4n) is 2.57. The van der Waals surface area contributed by atoms with Gasteiger partial charge in [0.15, 0.2) is 0 Å². The predicted molar refractivity (Wildman–Crippen MR) is 62.5 cm³/mol. The lowest BCUT2D eigenvalue weighted by atomic mass is 9.86. The molecule has 1 aromatic carbocycles. The van der Waals surface area contributed by atoms with Gasteiger partial charge in [0.1, 0.15) is 0 Å². The summed E-state index contributed by atoms with van der Waals surface area (Å²) < 4.78 is 0. The minimum absolute atomic E-state index is 0.128. The first-order chi connectivity index (χ1) is 7.59. The molecule has 1 aliphatic heterocycles. The highest BCUT2D eigenvalue weighted by Gasteiger charge is 2.37. The lowest BCUT2D eigenvalue weighted by Crippen LogP contribution is -2.21. The molecule has 1 heterocycles. The van der Waals surface area contributed by atoms with Crippen molar-refractivity contribution >= 4 is 5.97 Å². The molecule has 0 aromatic heterocycles. The number of nitrogens with zero attached hydrogens (tertiary/aromatic N) is 1. The molecular weight excluding hydrogens is 202 g/mol. The number of carbonyl (C=O) groups is 1. The third-order valence-corrected chi connectivity index (χ3v) is 3.41. The number of carboxylic acids is 1. The molecule has 0 bridgehead atoms. The van der Waals surface area contributed by atoms with E-state index in [0.717, 1.165) is 6.54 Å². The summed E-state index contributed by atoms with van der Waals surface area (Å²) in [5.74, 6) is -0.826. The standard InChI is InChI=1S/C13H17NO2/c1-9-5-3-4-6-10(9)11-7-14(2)8-12(11)13(15)16/h3-6,11-12H,7-8H2,1-2H3,(H,15,16). The Labute approximate surface area is 95.7 Å². The van der Waals surface area contributed by atoms with Gasteiger partial charge in [0.2, 0.25) is 0 Å². The molecule has 0 amide bonds. The Morgan fingerprint density at radius 3 is 2.69 bits per heavy atom. The van der Waals surface area contributed by atoms with Crippen molar-refractivity contribution in [3.05, 3.63) is 35.4 Å². The summed E-state index contributed by atoms with van der Waals surface area (Å²) in [7, 11) is 1.98. The van der Waals surface area contributed by atoms with Crippen molar-refractivity contribution in [2.24, 2.45) is 5.92 Å². The fourth-order valence-corrected chi connectivity index (χ4v) is 2.57. The average Bonchev–Trinajstić information content (AvgIpc) is 2.61. The molecule has 3 nitrogen and oxygen atoms in total. The molecule has 16 heavy (non-hydrogen) atoms. The second-order valence-electron chi connectivity index (χ2n) is 4.63. The summed E-state index contributed by atoms with van der Waals surface area (Å²) in [5, 5.41) is 9.23. The third kappa shape index (κ3) is 1.95. The van der Waals surface area contributed by atoms with Crippen LogP contribution in [0.4, 0.5) is 0 Å². The number of likely N-dealkylation sites (N-methyl/N-ethyl adjacent to an activating group) is 1. The van der Waals surface area contributed by atoms with E-state index in [4.69, 9.17) is 0 Å². The minimum atomic E-state index is -0.683. The molecule has 0 saturated carbocycles. The number of carboxylic acid groups (broad SMARTS) is 1. The number of aryl methyl sites for hydroxylation is 1. The summed E-state index contributed by atoms with van der Waals surface area (Å²) in [5.41, 5.74) is 2.37. The monoisotopic (exact) mass is 219 g/mol. The zero-order valence-electron chi connectivity index (χ0n) is 9.68. The van der Waals surface area contributed by atoms with E-state index in [1.807, 2.05) is 32.2 Å². The molecule has 1 N–H and O–H groups in total. The largest absolute Gasteiger partial charge is 0.481 e. The summed E-state index contributed by atoms with van der Waals surface area (Å²) in [6.45, 7) is 3.53. The van der Waals surface area contributed by atoms with Crippen LogP contribution in [-0.4, -0.2) is 36.1 Å². The Balaban J connectivity index is 2.33. The van der Waals surface area contributed by atoms with Crippen molar-refractivity contribution in [2.45, 2.75) is 12.8 Å². The molecule has 3 heteroatoms. The first kappa shape index (κ1) is 11.1. The maximum atomic E-state index is 11.2. The maximum Gasteiger partial charge on any atom is 0.308 e. The van der Waals surface area contributed by atoms with Crippen molar-refractivity contribution in [1.82, 2.24) is 4.90 Å². The summed E-state index contributed by atoms with van der Waals surface area (Å²) >= 11 is 0. The Morgan fingerprint density at radius 2 is 2.06 bits per heavy atom. The van der Waals surface area contributed by atoms with Gasteiger partial charge in [0.25, 0.3) is 0 Å². The van der Waals surface area contributed by atoms with Crippen LogP contribution in [0.15, 0.2) is 24.3 Å². The normalized spacial score (nSPS) is 25.9. The smallest absolute Gasteiger partial charge is 0.308 e. The summed E-state index contributed by atoms with van der Waals surface area (Å²) in [6.07, 6.45) is 0. The van der Waals surface area contributed by atoms with Crippen LogP contribution in [0, 0.1) is 12.8 Å². The zero-order chi connectivity index (χ0) is 11.7. The van der Waals surface area contributed by atoms with Gasteiger partial charge in [-0.1, -0.05) is 24.3 Å². The second kappa shape index (κ2) is 4.26. The molecule has 0 radical (unpaired) electrons. The van der Waals surface area contributed by atoms with Gasteiger partial charge in [-0.2, -0.15) is 0 Å². The molecule has 1 aliphatic rings. The predicted octanol–water partition coefficient (Wildman–Crippen LogP) is 1.72. The van der Waals surface area contributed by atoms with Crippen molar-refractivity contribution in [2.75, 3.05) is 20.1 Å². The van der Waals surface area contributed by atoms with Gasteiger partial charge in [0.05, 0.1) is 5.92 Å². The van der Waals surface area contributed by atoms with Crippen LogP contribution in [0.3, 0.4) is 0 Å². The number of likely N-dealkylation sites (tertiary alicyclic amines) is 1. The first-order valence-corrected chi connectivity index (χ1v) is 5.56. The van der Waals surface area contributed by atoms with Gasteiger partial charge in [-0.25, -0.2) is 0 Å². The highest BCUT2D eigenvalue weighted by molar-refractivity contribution is 5.72. The maximum absolute atomic E-state index is 11.2. The van der Waals surface area contributed by atoms with E-state index in [1.165, 1.54) is 11.1 Å². The van der Waals surface area contributed by atoms with E-state index >= 15 is 0 Å². The minimum Gasteiger partial charge on any atom is -0.481 e.